The van der Waals surface area contributed by atoms with Gasteiger partial charge in [-0.25, -0.2) is 0 Å². The molecule has 0 aliphatic rings. The second-order valence-electron chi connectivity index (χ2n) is 13.6. The Morgan fingerprint density at radius 2 is 0.576 bits per heavy atom. The lowest BCUT2D eigenvalue weighted by Gasteiger charge is -2.12. The molecule has 4 aromatic rings. The zero-order chi connectivity index (χ0) is 47.8. The van der Waals surface area contributed by atoms with E-state index >= 15 is 0 Å². The predicted molar refractivity (Wildman–Crippen MR) is 246 cm³/mol. The summed E-state index contributed by atoms with van der Waals surface area (Å²) in [6.07, 6.45) is 9.15. The van der Waals surface area contributed by atoms with E-state index in [0.29, 0.717) is 33.8 Å². The third-order valence-electron chi connectivity index (χ3n) is 8.82. The number of ether oxygens (including phenoxy) is 6. The van der Waals surface area contributed by atoms with Crippen molar-refractivity contribution in [3.05, 3.63) is 108 Å². The fraction of sp³-hybridized carbons (Fsp3) is 0.312. The van der Waals surface area contributed by atoms with Gasteiger partial charge in [0.2, 0.25) is 17.8 Å². The van der Waals surface area contributed by atoms with Gasteiger partial charge < -0.3 is 44.4 Å². The highest BCUT2D eigenvalue weighted by Crippen LogP contribution is 2.24. The van der Waals surface area contributed by atoms with E-state index in [1.165, 1.54) is 18.2 Å². The van der Waals surface area contributed by atoms with Crippen LogP contribution in [0.2, 0.25) is 0 Å². The van der Waals surface area contributed by atoms with Crippen LogP contribution in [0.5, 0.6) is 0 Å². The molecule has 0 aliphatic carbocycles. The highest BCUT2D eigenvalue weighted by molar-refractivity contribution is 5.99. The quantitative estimate of drug-likeness (QED) is 0.0354. The lowest BCUT2D eigenvalue weighted by Crippen LogP contribution is -2.26. The molecule has 348 valence electrons. The van der Waals surface area contributed by atoms with Gasteiger partial charge in [0.1, 0.15) is 0 Å². The first kappa shape index (κ1) is 50.8. The van der Waals surface area contributed by atoms with Gasteiger partial charge in [-0.15, -0.1) is 0 Å². The van der Waals surface area contributed by atoms with Gasteiger partial charge in [0, 0.05) is 17.1 Å². The first-order chi connectivity index (χ1) is 31.9. The van der Waals surface area contributed by atoms with Crippen molar-refractivity contribution in [2.24, 2.45) is 17.8 Å². The number of nitrogens with zero attached hydrogens (tertiary/aromatic N) is 3. The van der Waals surface area contributed by atoms with Crippen molar-refractivity contribution in [2.75, 3.05) is 55.6 Å². The Balaban J connectivity index is 1.60. The number of rotatable bonds is 24. The molecular formula is C48H54N6O12. The van der Waals surface area contributed by atoms with Crippen molar-refractivity contribution in [3.8, 4) is 0 Å². The Hall–Kier alpha value is -7.89. The highest BCUT2D eigenvalue weighted by Gasteiger charge is 2.28. The Bertz CT molecular complexity index is 2020. The molecule has 0 atom stereocenters. The van der Waals surface area contributed by atoms with E-state index in [2.05, 4.69) is 30.9 Å². The molecule has 0 aliphatic heterocycles. The lowest BCUT2D eigenvalue weighted by molar-refractivity contribution is -0.160. The van der Waals surface area contributed by atoms with Crippen LogP contribution in [0.4, 0.5) is 34.9 Å². The van der Waals surface area contributed by atoms with Gasteiger partial charge >= 0.3 is 35.8 Å². The smallest absolute Gasteiger partial charge is 0.324 e. The molecule has 1 heterocycles. The Morgan fingerprint density at radius 3 is 0.758 bits per heavy atom. The summed E-state index contributed by atoms with van der Waals surface area (Å²) in [5.74, 6) is -7.42. The second-order valence-corrected chi connectivity index (χ2v) is 13.6. The maximum Gasteiger partial charge on any atom is 0.324 e. The van der Waals surface area contributed by atoms with Crippen molar-refractivity contribution >= 4 is 89.0 Å². The van der Waals surface area contributed by atoms with Crippen LogP contribution in [-0.2, 0) is 57.2 Å². The van der Waals surface area contributed by atoms with Crippen molar-refractivity contribution in [1.29, 1.82) is 0 Å². The van der Waals surface area contributed by atoms with Gasteiger partial charge in [0.05, 0.1) is 39.6 Å². The Kier molecular flexibility index (Phi) is 20.5. The van der Waals surface area contributed by atoms with Gasteiger partial charge in [-0.2, -0.15) is 15.0 Å². The molecule has 3 N–H and O–H groups in total. The monoisotopic (exact) mass is 906 g/mol. The third-order valence-corrected chi connectivity index (χ3v) is 8.82. The zero-order valence-electron chi connectivity index (χ0n) is 37.6. The van der Waals surface area contributed by atoms with Crippen LogP contribution in [0.3, 0.4) is 0 Å². The predicted octanol–water partition coefficient (Wildman–Crippen LogP) is 7.37. The standard InChI is InChI=1S/C48H54N6O12/c1-7-61-40(55)37(41(56)62-8-2)28-19-31-13-22-34(23-14-31)49-46-52-47(50-35-24-15-32(16-25-35)20-29-38(42(57)63-9-3)43(58)64-10-4)54-48(53-46)51-36-26-17-33(18-27-36)21-30-39(44(59)65-11-5)45(60)66-12-6/h13-30,37-39H,7-12H2,1-6H3,(H3,49,50,51,52,53,54)/b28-19+,29-20+,30-21+. The number of anilines is 6. The van der Waals surface area contributed by atoms with Gasteiger partial charge in [-0.05, 0) is 94.6 Å². The fourth-order valence-electron chi connectivity index (χ4n) is 5.74. The minimum atomic E-state index is -1.22. The molecule has 66 heavy (non-hydrogen) atoms. The number of aromatic nitrogens is 3. The van der Waals surface area contributed by atoms with E-state index in [4.69, 9.17) is 28.4 Å². The summed E-state index contributed by atoms with van der Waals surface area (Å²) in [5.41, 5.74) is 3.86. The van der Waals surface area contributed by atoms with Crippen molar-refractivity contribution in [1.82, 2.24) is 15.0 Å². The van der Waals surface area contributed by atoms with E-state index in [-0.39, 0.29) is 57.5 Å². The maximum absolute atomic E-state index is 12.4. The molecule has 0 radical (unpaired) electrons. The topological polar surface area (TPSA) is 233 Å². The molecule has 0 saturated carbocycles. The summed E-state index contributed by atoms with van der Waals surface area (Å²) >= 11 is 0. The van der Waals surface area contributed by atoms with Gasteiger partial charge in [0.15, 0.2) is 17.8 Å². The molecule has 0 unspecified atom stereocenters. The first-order valence-corrected chi connectivity index (χ1v) is 21.3. The van der Waals surface area contributed by atoms with Crippen LogP contribution in [-0.4, -0.2) is 90.4 Å². The third kappa shape index (κ3) is 16.0. The molecule has 18 heteroatoms. The van der Waals surface area contributed by atoms with Crippen molar-refractivity contribution < 1.29 is 57.2 Å². The summed E-state index contributed by atoms with van der Waals surface area (Å²) in [6, 6.07) is 21.1. The van der Waals surface area contributed by atoms with E-state index < -0.39 is 53.6 Å². The number of hydrogen-bond donors (Lipinski definition) is 3. The Morgan fingerprint density at radius 1 is 0.379 bits per heavy atom. The zero-order valence-corrected chi connectivity index (χ0v) is 37.6. The second kappa shape index (κ2) is 26.7. The largest absolute Gasteiger partial charge is 0.465 e. The van der Waals surface area contributed by atoms with Crippen LogP contribution < -0.4 is 16.0 Å². The first-order valence-electron chi connectivity index (χ1n) is 21.3. The minimum absolute atomic E-state index is 0.113. The average Bonchev–Trinajstić information content (AvgIpc) is 3.29. The average molecular weight is 907 g/mol. The SMILES string of the molecule is CCOC(=O)C(/C=C/c1ccc(Nc2nc(Nc3ccc(/C=C/C(C(=O)OCC)C(=O)OCC)cc3)nc(Nc3ccc(/C=C/C(C(=O)OCC)C(=O)OCC)cc3)n2)cc1)C(=O)OCC. The van der Waals surface area contributed by atoms with Crippen LogP contribution in [0.15, 0.2) is 91.0 Å². The van der Waals surface area contributed by atoms with Gasteiger partial charge in [-0.1, -0.05) is 72.9 Å². The number of nitrogens with one attached hydrogen (secondary N) is 3. The number of hydrogen-bond acceptors (Lipinski definition) is 18. The maximum atomic E-state index is 12.4. The van der Waals surface area contributed by atoms with Crippen LogP contribution in [0.1, 0.15) is 58.2 Å². The van der Waals surface area contributed by atoms with Crippen molar-refractivity contribution in [2.45, 2.75) is 41.5 Å². The number of benzene rings is 3. The molecular weight excluding hydrogens is 853 g/mol. The van der Waals surface area contributed by atoms with Gasteiger partial charge in [0.25, 0.3) is 0 Å². The molecule has 3 aromatic carbocycles. The van der Waals surface area contributed by atoms with Crippen LogP contribution in [0, 0.1) is 17.8 Å². The summed E-state index contributed by atoms with van der Waals surface area (Å²) < 4.78 is 30.3. The normalized spacial score (nSPS) is 11.2. The van der Waals surface area contributed by atoms with E-state index in [1.54, 1.807) is 133 Å². The molecule has 4 rings (SSSR count). The number of carbonyl (C=O) groups is 6. The molecule has 0 bridgehead atoms. The minimum Gasteiger partial charge on any atom is -0.465 e. The van der Waals surface area contributed by atoms with Crippen LogP contribution >= 0.6 is 0 Å². The summed E-state index contributed by atoms with van der Waals surface area (Å²) in [5, 5.41) is 9.54. The summed E-state index contributed by atoms with van der Waals surface area (Å²) in [4.78, 5) is 88.3. The molecule has 0 saturated heterocycles. The number of carbonyl (C=O) groups excluding carboxylic acids is 6. The van der Waals surface area contributed by atoms with Crippen molar-refractivity contribution in [3.63, 3.8) is 0 Å². The van der Waals surface area contributed by atoms with E-state index in [1.807, 2.05) is 0 Å². The fourth-order valence-corrected chi connectivity index (χ4v) is 5.74. The lowest BCUT2D eigenvalue weighted by atomic mass is 10.1. The molecule has 18 nitrogen and oxygen atoms in total. The summed E-state index contributed by atoms with van der Waals surface area (Å²) in [6.45, 7) is 10.6. The molecule has 1 aromatic heterocycles. The van der Waals surface area contributed by atoms with Crippen LogP contribution in [0.25, 0.3) is 18.2 Å². The van der Waals surface area contributed by atoms with Gasteiger partial charge in [-0.3, -0.25) is 28.8 Å². The highest BCUT2D eigenvalue weighted by atomic mass is 16.6. The molecule has 0 spiro atoms. The summed E-state index contributed by atoms with van der Waals surface area (Å²) in [7, 11) is 0. The molecule has 0 amide bonds. The number of esters is 6. The van der Waals surface area contributed by atoms with E-state index in [9.17, 15) is 28.8 Å². The molecule has 0 fully saturated rings. The Labute approximate surface area is 382 Å². The van der Waals surface area contributed by atoms with E-state index in [0.717, 1.165) is 0 Å².